The van der Waals surface area contributed by atoms with Crippen molar-refractivity contribution in [2.45, 2.75) is 52.1 Å². The standard InChI is InChI=1S/C16H26BrFN2/c1-4-6-9-20(12(3)5-2)16(11-19)13-7-8-15(18)14(17)10-13/h7-8,10,12,16H,4-6,9,11,19H2,1-3H3. The van der Waals surface area contributed by atoms with Crippen molar-refractivity contribution in [1.29, 1.82) is 0 Å². The molecule has 4 heteroatoms. The average Bonchev–Trinajstić information content (AvgIpc) is 2.46. The van der Waals surface area contributed by atoms with Gasteiger partial charge in [-0.15, -0.1) is 0 Å². The van der Waals surface area contributed by atoms with Crippen molar-refractivity contribution in [3.63, 3.8) is 0 Å². The number of rotatable bonds is 8. The van der Waals surface area contributed by atoms with Crippen molar-refractivity contribution in [2.75, 3.05) is 13.1 Å². The van der Waals surface area contributed by atoms with Crippen LogP contribution >= 0.6 is 15.9 Å². The molecule has 0 amide bonds. The van der Waals surface area contributed by atoms with E-state index in [0.29, 0.717) is 17.1 Å². The SMILES string of the molecule is CCCCN(C(C)CC)C(CN)c1ccc(F)c(Br)c1. The Balaban J connectivity index is 3.01. The summed E-state index contributed by atoms with van der Waals surface area (Å²) in [5, 5.41) is 0. The Morgan fingerprint density at radius 2 is 2.05 bits per heavy atom. The van der Waals surface area contributed by atoms with E-state index >= 15 is 0 Å². The molecule has 0 bridgehead atoms. The van der Waals surface area contributed by atoms with Crippen LogP contribution in [0.4, 0.5) is 4.39 Å². The van der Waals surface area contributed by atoms with Gasteiger partial charge >= 0.3 is 0 Å². The molecule has 0 fully saturated rings. The van der Waals surface area contributed by atoms with Crippen molar-refractivity contribution in [3.8, 4) is 0 Å². The molecule has 2 N–H and O–H groups in total. The van der Waals surface area contributed by atoms with E-state index in [1.165, 1.54) is 6.07 Å². The normalized spacial score (nSPS) is 14.6. The van der Waals surface area contributed by atoms with E-state index in [0.717, 1.165) is 31.4 Å². The molecule has 0 aliphatic heterocycles. The maximum atomic E-state index is 13.4. The minimum Gasteiger partial charge on any atom is -0.329 e. The Morgan fingerprint density at radius 1 is 1.35 bits per heavy atom. The van der Waals surface area contributed by atoms with Gasteiger partial charge in [0.2, 0.25) is 0 Å². The Labute approximate surface area is 130 Å². The van der Waals surface area contributed by atoms with E-state index in [9.17, 15) is 4.39 Å². The van der Waals surface area contributed by atoms with E-state index in [4.69, 9.17) is 5.73 Å². The lowest BCUT2D eigenvalue weighted by molar-refractivity contribution is 0.141. The highest BCUT2D eigenvalue weighted by atomic mass is 79.9. The zero-order chi connectivity index (χ0) is 15.1. The Hall–Kier alpha value is -0.450. The minimum atomic E-state index is -0.229. The molecule has 0 saturated heterocycles. The second-order valence-corrected chi connectivity index (χ2v) is 6.13. The third-order valence-electron chi connectivity index (χ3n) is 3.88. The van der Waals surface area contributed by atoms with Crippen molar-refractivity contribution >= 4 is 15.9 Å². The highest BCUT2D eigenvalue weighted by Crippen LogP contribution is 2.27. The lowest BCUT2D eigenvalue weighted by Gasteiger charge is -2.36. The first-order valence-electron chi connectivity index (χ1n) is 7.45. The van der Waals surface area contributed by atoms with E-state index in [2.05, 4.69) is 41.6 Å². The highest BCUT2D eigenvalue weighted by molar-refractivity contribution is 9.10. The summed E-state index contributed by atoms with van der Waals surface area (Å²) in [5.41, 5.74) is 7.09. The van der Waals surface area contributed by atoms with E-state index in [1.54, 1.807) is 0 Å². The first kappa shape index (κ1) is 17.6. The van der Waals surface area contributed by atoms with Gasteiger partial charge in [0, 0.05) is 18.6 Å². The Kier molecular flexibility index (Phi) is 7.70. The van der Waals surface area contributed by atoms with Crippen LogP contribution in [-0.2, 0) is 0 Å². The summed E-state index contributed by atoms with van der Waals surface area (Å²) in [6.45, 7) is 8.20. The van der Waals surface area contributed by atoms with Crippen LogP contribution < -0.4 is 5.73 Å². The molecule has 0 aliphatic carbocycles. The van der Waals surface area contributed by atoms with Gasteiger partial charge in [0.05, 0.1) is 4.47 Å². The molecule has 1 aromatic carbocycles. The van der Waals surface area contributed by atoms with Crippen molar-refractivity contribution in [1.82, 2.24) is 4.90 Å². The Bertz CT molecular complexity index is 411. The van der Waals surface area contributed by atoms with Crippen LogP contribution in [0.3, 0.4) is 0 Å². The third kappa shape index (κ3) is 4.54. The van der Waals surface area contributed by atoms with Crippen LogP contribution in [0.2, 0.25) is 0 Å². The fourth-order valence-electron chi connectivity index (χ4n) is 2.44. The van der Waals surface area contributed by atoms with Gasteiger partial charge in [0.1, 0.15) is 5.82 Å². The number of hydrogen-bond donors (Lipinski definition) is 1. The number of hydrogen-bond acceptors (Lipinski definition) is 2. The topological polar surface area (TPSA) is 29.3 Å². The van der Waals surface area contributed by atoms with Gasteiger partial charge in [-0.1, -0.05) is 26.3 Å². The maximum Gasteiger partial charge on any atom is 0.137 e. The van der Waals surface area contributed by atoms with Gasteiger partial charge in [-0.05, 0) is 59.9 Å². The number of benzene rings is 1. The fourth-order valence-corrected chi connectivity index (χ4v) is 2.84. The molecular weight excluding hydrogens is 319 g/mol. The van der Waals surface area contributed by atoms with Crippen LogP contribution in [0.1, 0.15) is 51.6 Å². The average molecular weight is 345 g/mol. The Morgan fingerprint density at radius 3 is 2.55 bits per heavy atom. The van der Waals surface area contributed by atoms with Crippen LogP contribution in [0.25, 0.3) is 0 Å². The maximum absolute atomic E-state index is 13.4. The molecule has 0 spiro atoms. The molecule has 2 unspecified atom stereocenters. The largest absolute Gasteiger partial charge is 0.329 e. The quantitative estimate of drug-likeness (QED) is 0.752. The van der Waals surface area contributed by atoms with Gasteiger partial charge in [0.15, 0.2) is 0 Å². The fraction of sp³-hybridized carbons (Fsp3) is 0.625. The zero-order valence-electron chi connectivity index (χ0n) is 12.7. The summed E-state index contributed by atoms with van der Waals surface area (Å²) in [4.78, 5) is 2.45. The first-order valence-corrected chi connectivity index (χ1v) is 8.25. The van der Waals surface area contributed by atoms with E-state index in [-0.39, 0.29) is 11.9 Å². The second kappa shape index (κ2) is 8.75. The van der Waals surface area contributed by atoms with Gasteiger partial charge < -0.3 is 5.73 Å². The lowest BCUT2D eigenvalue weighted by atomic mass is 10.0. The molecule has 1 rings (SSSR count). The molecule has 0 heterocycles. The summed E-state index contributed by atoms with van der Waals surface area (Å²) in [5.74, 6) is -0.229. The molecule has 2 nitrogen and oxygen atoms in total. The van der Waals surface area contributed by atoms with Crippen molar-refractivity contribution < 1.29 is 4.39 Å². The molecule has 20 heavy (non-hydrogen) atoms. The summed E-state index contributed by atoms with van der Waals surface area (Å²) < 4.78 is 13.9. The lowest BCUT2D eigenvalue weighted by Crippen LogP contribution is -2.40. The van der Waals surface area contributed by atoms with Crippen LogP contribution in [0.15, 0.2) is 22.7 Å². The van der Waals surface area contributed by atoms with Gasteiger partial charge in [-0.2, -0.15) is 0 Å². The number of nitrogens with two attached hydrogens (primary N) is 1. The molecule has 114 valence electrons. The van der Waals surface area contributed by atoms with Crippen LogP contribution in [-0.4, -0.2) is 24.0 Å². The van der Waals surface area contributed by atoms with Crippen molar-refractivity contribution in [3.05, 3.63) is 34.1 Å². The molecule has 0 aromatic heterocycles. The van der Waals surface area contributed by atoms with E-state index < -0.39 is 0 Å². The predicted molar refractivity (Wildman–Crippen MR) is 87.3 cm³/mol. The molecule has 0 radical (unpaired) electrons. The summed E-state index contributed by atoms with van der Waals surface area (Å²) in [6.07, 6.45) is 3.41. The van der Waals surface area contributed by atoms with Crippen molar-refractivity contribution in [2.24, 2.45) is 5.73 Å². The number of halogens is 2. The molecule has 1 aromatic rings. The molecule has 0 saturated carbocycles. The third-order valence-corrected chi connectivity index (χ3v) is 4.49. The van der Waals surface area contributed by atoms with Crippen LogP contribution in [0.5, 0.6) is 0 Å². The smallest absolute Gasteiger partial charge is 0.137 e. The predicted octanol–water partition coefficient (Wildman–Crippen LogP) is 4.49. The summed E-state index contributed by atoms with van der Waals surface area (Å²) in [7, 11) is 0. The summed E-state index contributed by atoms with van der Waals surface area (Å²) >= 11 is 3.27. The minimum absolute atomic E-state index is 0.147. The van der Waals surface area contributed by atoms with Gasteiger partial charge in [0.25, 0.3) is 0 Å². The van der Waals surface area contributed by atoms with E-state index in [1.807, 2.05) is 12.1 Å². The second-order valence-electron chi connectivity index (χ2n) is 5.27. The monoisotopic (exact) mass is 344 g/mol. The van der Waals surface area contributed by atoms with Crippen LogP contribution in [0, 0.1) is 5.82 Å². The molecule has 0 aliphatic rings. The van der Waals surface area contributed by atoms with Gasteiger partial charge in [-0.3, -0.25) is 4.90 Å². The summed E-state index contributed by atoms with van der Waals surface area (Å²) in [6, 6.07) is 5.83. The first-order chi connectivity index (χ1) is 9.54. The number of unbranched alkanes of at least 4 members (excludes halogenated alkanes) is 1. The van der Waals surface area contributed by atoms with Gasteiger partial charge in [-0.25, -0.2) is 4.39 Å². The molecular formula is C16H26BrFN2. The highest BCUT2D eigenvalue weighted by Gasteiger charge is 2.23. The zero-order valence-corrected chi connectivity index (χ0v) is 14.3. The molecule has 2 atom stereocenters. The number of nitrogens with zero attached hydrogens (tertiary/aromatic N) is 1.